The third-order valence-electron chi connectivity index (χ3n) is 3.93. The number of carbonyl (C=O) groups excluding carboxylic acids is 1. The van der Waals surface area contributed by atoms with Crippen molar-refractivity contribution in [1.82, 2.24) is 4.98 Å². The quantitative estimate of drug-likeness (QED) is 0.681. The minimum Gasteiger partial charge on any atom is -0.348 e. The lowest BCUT2D eigenvalue weighted by atomic mass is 10.1. The van der Waals surface area contributed by atoms with Crippen molar-refractivity contribution in [2.24, 2.45) is 0 Å². The van der Waals surface area contributed by atoms with Crippen molar-refractivity contribution in [2.45, 2.75) is 19.3 Å². The third kappa shape index (κ3) is 1.79. The van der Waals surface area contributed by atoms with E-state index in [2.05, 4.69) is 4.90 Å². The Hall–Kier alpha value is -1.39. The first-order chi connectivity index (χ1) is 9.74. The number of piperidine rings is 1. The predicted octanol–water partition coefficient (Wildman–Crippen LogP) is 4.00. The Kier molecular flexibility index (Phi) is 2.82. The molecule has 4 rings (SSSR count). The molecule has 0 radical (unpaired) electrons. The van der Waals surface area contributed by atoms with Crippen LogP contribution in [0.4, 0.5) is 5.13 Å². The van der Waals surface area contributed by atoms with Crippen molar-refractivity contribution in [3.05, 3.63) is 33.7 Å². The molecule has 0 spiro atoms. The van der Waals surface area contributed by atoms with Gasteiger partial charge >= 0.3 is 0 Å². The summed E-state index contributed by atoms with van der Waals surface area (Å²) in [5, 5.41) is 1.63. The van der Waals surface area contributed by atoms with Gasteiger partial charge in [-0.1, -0.05) is 22.9 Å². The number of nitrogens with zero attached hydrogens (tertiary/aromatic N) is 2. The van der Waals surface area contributed by atoms with Crippen molar-refractivity contribution in [2.75, 3.05) is 18.0 Å². The zero-order valence-corrected chi connectivity index (χ0v) is 12.4. The summed E-state index contributed by atoms with van der Waals surface area (Å²) in [6.45, 7) is 2.09. The van der Waals surface area contributed by atoms with Crippen LogP contribution in [0.5, 0.6) is 0 Å². The molecule has 1 saturated heterocycles. The number of thiazole rings is 1. The summed E-state index contributed by atoms with van der Waals surface area (Å²) in [4.78, 5) is 20.2. The van der Waals surface area contributed by atoms with Crippen LogP contribution in [0.1, 0.15) is 34.5 Å². The molecular weight excluding hydrogens is 292 g/mol. The summed E-state index contributed by atoms with van der Waals surface area (Å²) in [6.07, 6.45) is 3.71. The van der Waals surface area contributed by atoms with Crippen LogP contribution < -0.4 is 4.90 Å². The standard InChI is InChI=1S/C15H13ClN2OS/c16-9-4-5-10-11(8-9)12-14(13(10)19)20-15(17-12)18-6-2-1-3-7-18/h4-5,8H,1-3,6-7H2. The lowest BCUT2D eigenvalue weighted by Gasteiger charge is -2.25. The highest BCUT2D eigenvalue weighted by molar-refractivity contribution is 7.18. The first-order valence-electron chi connectivity index (χ1n) is 6.84. The van der Waals surface area contributed by atoms with Crippen molar-refractivity contribution < 1.29 is 4.79 Å². The van der Waals surface area contributed by atoms with Gasteiger partial charge in [-0.25, -0.2) is 4.98 Å². The third-order valence-corrected chi connectivity index (χ3v) is 5.28. The minimum atomic E-state index is 0.0902. The van der Waals surface area contributed by atoms with Crippen molar-refractivity contribution >= 4 is 33.9 Å². The van der Waals surface area contributed by atoms with Crippen LogP contribution in [0.3, 0.4) is 0 Å². The fourth-order valence-corrected chi connectivity index (χ4v) is 4.16. The molecule has 0 saturated carbocycles. The Morgan fingerprint density at radius 3 is 2.75 bits per heavy atom. The van der Waals surface area contributed by atoms with Crippen molar-refractivity contribution in [3.8, 4) is 11.3 Å². The monoisotopic (exact) mass is 304 g/mol. The maximum atomic E-state index is 12.4. The molecule has 0 atom stereocenters. The van der Waals surface area contributed by atoms with Gasteiger partial charge in [-0.3, -0.25) is 4.79 Å². The average Bonchev–Trinajstić information content (AvgIpc) is 3.01. The second-order valence-corrected chi connectivity index (χ2v) is 6.65. The summed E-state index contributed by atoms with van der Waals surface area (Å²) >= 11 is 7.57. The van der Waals surface area contributed by atoms with E-state index in [1.54, 1.807) is 12.1 Å². The number of hydrogen-bond acceptors (Lipinski definition) is 4. The Balaban J connectivity index is 1.79. The van der Waals surface area contributed by atoms with E-state index < -0.39 is 0 Å². The van der Waals surface area contributed by atoms with Crippen LogP contribution in [-0.4, -0.2) is 23.9 Å². The molecule has 0 unspecified atom stereocenters. The van der Waals surface area contributed by atoms with Gasteiger partial charge in [0, 0.05) is 29.2 Å². The van der Waals surface area contributed by atoms with E-state index in [1.165, 1.54) is 30.6 Å². The first kappa shape index (κ1) is 12.4. The van der Waals surface area contributed by atoms with E-state index in [4.69, 9.17) is 16.6 Å². The highest BCUT2D eigenvalue weighted by Crippen LogP contribution is 2.43. The van der Waals surface area contributed by atoms with E-state index in [9.17, 15) is 4.79 Å². The molecule has 2 heterocycles. The molecule has 1 aromatic carbocycles. The van der Waals surface area contributed by atoms with Crippen LogP contribution >= 0.6 is 22.9 Å². The number of halogens is 1. The SMILES string of the molecule is O=C1c2ccc(Cl)cc2-c2nc(N3CCCCC3)sc21. The Bertz CT molecular complexity index is 704. The first-order valence-corrected chi connectivity index (χ1v) is 8.04. The summed E-state index contributed by atoms with van der Waals surface area (Å²) in [6, 6.07) is 5.41. The van der Waals surface area contributed by atoms with Gasteiger partial charge in [-0.05, 0) is 37.5 Å². The lowest BCUT2D eigenvalue weighted by molar-refractivity contribution is 0.104. The summed E-state index contributed by atoms with van der Waals surface area (Å²) in [5.74, 6) is 0.0902. The summed E-state index contributed by atoms with van der Waals surface area (Å²) in [7, 11) is 0. The van der Waals surface area contributed by atoms with E-state index in [1.807, 2.05) is 6.07 Å². The summed E-state index contributed by atoms with van der Waals surface area (Å²) in [5.41, 5.74) is 2.43. The molecule has 5 heteroatoms. The van der Waals surface area contributed by atoms with Gasteiger partial charge in [0.2, 0.25) is 5.78 Å². The van der Waals surface area contributed by atoms with E-state index in [-0.39, 0.29) is 5.78 Å². The number of hydrogen-bond donors (Lipinski definition) is 0. The lowest BCUT2D eigenvalue weighted by Crippen LogP contribution is -2.29. The van der Waals surface area contributed by atoms with Gasteiger partial charge < -0.3 is 4.90 Å². The van der Waals surface area contributed by atoms with E-state index in [0.717, 1.165) is 39.9 Å². The van der Waals surface area contributed by atoms with Crippen LogP contribution in [0, 0.1) is 0 Å². The van der Waals surface area contributed by atoms with Crippen LogP contribution in [0.25, 0.3) is 11.3 Å². The van der Waals surface area contributed by atoms with Crippen LogP contribution in [0.2, 0.25) is 5.02 Å². The van der Waals surface area contributed by atoms with Gasteiger partial charge in [0.1, 0.15) is 4.88 Å². The van der Waals surface area contributed by atoms with Gasteiger partial charge in [-0.2, -0.15) is 0 Å². The number of carbonyl (C=O) groups is 1. The van der Waals surface area contributed by atoms with Gasteiger partial charge in [0.25, 0.3) is 0 Å². The van der Waals surface area contributed by atoms with Gasteiger partial charge in [0.05, 0.1) is 5.69 Å². The molecule has 20 heavy (non-hydrogen) atoms. The maximum Gasteiger partial charge on any atom is 0.205 e. The highest BCUT2D eigenvalue weighted by Gasteiger charge is 2.32. The number of benzene rings is 1. The average molecular weight is 305 g/mol. The number of aromatic nitrogens is 1. The molecule has 1 aliphatic carbocycles. The normalized spacial score (nSPS) is 17.2. The second kappa shape index (κ2) is 4.57. The maximum absolute atomic E-state index is 12.4. The topological polar surface area (TPSA) is 33.2 Å². The second-order valence-electron chi connectivity index (χ2n) is 5.24. The number of fused-ring (bicyclic) bond motifs is 3. The number of ketones is 1. The molecule has 0 bridgehead atoms. The predicted molar refractivity (Wildman–Crippen MR) is 82.1 cm³/mol. The molecular formula is C15H13ClN2OS. The van der Waals surface area contributed by atoms with Crippen molar-refractivity contribution in [1.29, 1.82) is 0 Å². The fourth-order valence-electron chi connectivity index (χ4n) is 2.90. The molecule has 2 aromatic rings. The van der Waals surface area contributed by atoms with Crippen LogP contribution in [0.15, 0.2) is 18.2 Å². The molecule has 0 amide bonds. The highest BCUT2D eigenvalue weighted by atomic mass is 35.5. The molecule has 102 valence electrons. The molecule has 1 aliphatic heterocycles. The molecule has 2 aliphatic rings. The fraction of sp³-hybridized carbons (Fsp3) is 0.333. The zero-order chi connectivity index (χ0) is 13.7. The van der Waals surface area contributed by atoms with Gasteiger partial charge in [-0.15, -0.1) is 0 Å². The smallest absolute Gasteiger partial charge is 0.205 e. The largest absolute Gasteiger partial charge is 0.348 e. The number of anilines is 1. The van der Waals surface area contributed by atoms with E-state index >= 15 is 0 Å². The minimum absolute atomic E-state index is 0.0902. The van der Waals surface area contributed by atoms with Crippen molar-refractivity contribution in [3.63, 3.8) is 0 Å². The zero-order valence-electron chi connectivity index (χ0n) is 10.9. The van der Waals surface area contributed by atoms with Crippen LogP contribution in [-0.2, 0) is 0 Å². The van der Waals surface area contributed by atoms with E-state index in [0.29, 0.717) is 5.02 Å². The number of rotatable bonds is 1. The molecule has 3 nitrogen and oxygen atoms in total. The van der Waals surface area contributed by atoms with Gasteiger partial charge in [0.15, 0.2) is 5.13 Å². The summed E-state index contributed by atoms with van der Waals surface area (Å²) < 4.78 is 0. The molecule has 1 fully saturated rings. The Morgan fingerprint density at radius 2 is 1.95 bits per heavy atom. The molecule has 1 aromatic heterocycles. The Labute approximate surface area is 126 Å². The Morgan fingerprint density at radius 1 is 1.15 bits per heavy atom. The molecule has 0 N–H and O–H groups in total.